The molecule has 3 aromatic carbocycles. The number of nitrogens with one attached hydrogen (secondary N) is 2. The molecule has 0 saturated heterocycles. The highest BCUT2D eigenvalue weighted by Crippen LogP contribution is 2.14. The van der Waals surface area contributed by atoms with Crippen LogP contribution in [0.5, 0.6) is 0 Å². The van der Waals surface area contributed by atoms with Crippen LogP contribution in [0.25, 0.3) is 0 Å². The fraction of sp³-hybridized carbons (Fsp3) is 0.154. The molecule has 0 aromatic heterocycles. The quantitative estimate of drug-likeness (QED) is 0.293. The summed E-state index contributed by atoms with van der Waals surface area (Å²) >= 11 is 12.1. The Morgan fingerprint density at radius 2 is 1.03 bits per heavy atom. The molecule has 0 heterocycles. The van der Waals surface area contributed by atoms with Crippen molar-refractivity contribution >= 4 is 46.4 Å². The molecule has 0 fully saturated rings. The van der Waals surface area contributed by atoms with Crippen LogP contribution in [-0.4, -0.2) is 23.2 Å². The second-order valence-corrected chi connectivity index (χ2v) is 8.18. The van der Waals surface area contributed by atoms with E-state index >= 15 is 0 Å². The standard InChI is InChI=1S/C26H24Cl2N4O2/c1-3-23(19-7-5-9-21(27)15-19)29-31-25(33)17-11-13-18(14-12-17)26(34)32-30-24(4-2)20-8-6-10-22(28)16-20/h5-16H,3-4H2,1-2H3,(H,31,33)(H,32,34). The van der Waals surface area contributed by atoms with Crippen molar-refractivity contribution in [3.05, 3.63) is 105 Å². The minimum absolute atomic E-state index is 0.374. The van der Waals surface area contributed by atoms with Gasteiger partial charge >= 0.3 is 0 Å². The van der Waals surface area contributed by atoms with Crippen molar-refractivity contribution in [3.63, 3.8) is 0 Å². The van der Waals surface area contributed by atoms with E-state index in [1.54, 1.807) is 48.5 Å². The lowest BCUT2D eigenvalue weighted by atomic mass is 10.1. The van der Waals surface area contributed by atoms with Gasteiger partial charge in [0.25, 0.3) is 11.8 Å². The molecule has 6 nitrogen and oxygen atoms in total. The zero-order valence-electron chi connectivity index (χ0n) is 18.8. The molecule has 0 bridgehead atoms. The van der Waals surface area contributed by atoms with Crippen molar-refractivity contribution in [3.8, 4) is 0 Å². The fourth-order valence-corrected chi connectivity index (χ4v) is 3.55. The van der Waals surface area contributed by atoms with Crippen LogP contribution in [0, 0.1) is 0 Å². The minimum atomic E-state index is -0.382. The predicted octanol–water partition coefficient (Wildman–Crippen LogP) is 6.08. The minimum Gasteiger partial charge on any atom is -0.267 e. The Hall–Kier alpha value is -3.48. The summed E-state index contributed by atoms with van der Waals surface area (Å²) in [4.78, 5) is 25.0. The van der Waals surface area contributed by atoms with E-state index in [0.717, 1.165) is 11.1 Å². The topological polar surface area (TPSA) is 82.9 Å². The van der Waals surface area contributed by atoms with Crippen molar-refractivity contribution < 1.29 is 9.59 Å². The average Bonchev–Trinajstić information content (AvgIpc) is 2.85. The number of rotatable bonds is 8. The molecule has 0 atom stereocenters. The molecule has 0 aliphatic rings. The van der Waals surface area contributed by atoms with Crippen LogP contribution in [0.15, 0.2) is 83.0 Å². The first-order valence-corrected chi connectivity index (χ1v) is 11.5. The zero-order valence-corrected chi connectivity index (χ0v) is 20.3. The first kappa shape index (κ1) is 25.1. The highest BCUT2D eigenvalue weighted by atomic mass is 35.5. The summed E-state index contributed by atoms with van der Waals surface area (Å²) in [5.74, 6) is -0.764. The lowest BCUT2D eigenvalue weighted by Gasteiger charge is -2.07. The molecule has 3 rings (SSSR count). The van der Waals surface area contributed by atoms with Gasteiger partial charge in [-0.25, -0.2) is 10.9 Å². The van der Waals surface area contributed by atoms with Crippen molar-refractivity contribution in [1.82, 2.24) is 10.9 Å². The molecule has 0 aliphatic heterocycles. The van der Waals surface area contributed by atoms with Crippen molar-refractivity contribution in [2.75, 3.05) is 0 Å². The van der Waals surface area contributed by atoms with E-state index in [4.69, 9.17) is 23.2 Å². The largest absolute Gasteiger partial charge is 0.271 e. The van der Waals surface area contributed by atoms with Crippen LogP contribution in [0.4, 0.5) is 0 Å². The van der Waals surface area contributed by atoms with Gasteiger partial charge in [-0.15, -0.1) is 0 Å². The van der Waals surface area contributed by atoms with Gasteiger partial charge < -0.3 is 0 Å². The van der Waals surface area contributed by atoms with E-state index in [9.17, 15) is 9.59 Å². The van der Waals surface area contributed by atoms with Crippen LogP contribution in [0.1, 0.15) is 58.5 Å². The normalized spacial score (nSPS) is 11.8. The van der Waals surface area contributed by atoms with Crippen LogP contribution in [0.2, 0.25) is 10.0 Å². The van der Waals surface area contributed by atoms with Gasteiger partial charge in [-0.1, -0.05) is 61.3 Å². The molecule has 2 N–H and O–H groups in total. The number of benzene rings is 3. The van der Waals surface area contributed by atoms with E-state index in [2.05, 4.69) is 21.1 Å². The fourth-order valence-electron chi connectivity index (χ4n) is 3.17. The van der Waals surface area contributed by atoms with Gasteiger partial charge in [0, 0.05) is 21.2 Å². The molecule has 0 saturated carbocycles. The maximum atomic E-state index is 12.5. The van der Waals surface area contributed by atoms with Crippen LogP contribution >= 0.6 is 23.2 Å². The third-order valence-corrected chi connectivity index (χ3v) is 5.45. The lowest BCUT2D eigenvalue weighted by molar-refractivity contribution is 0.0943. The Morgan fingerprint density at radius 3 is 1.35 bits per heavy atom. The molecule has 3 aromatic rings. The number of halogens is 2. The van der Waals surface area contributed by atoms with Crippen LogP contribution in [0.3, 0.4) is 0 Å². The number of amides is 2. The third-order valence-electron chi connectivity index (χ3n) is 4.98. The van der Waals surface area contributed by atoms with Gasteiger partial charge in [0.2, 0.25) is 0 Å². The maximum Gasteiger partial charge on any atom is 0.271 e. The highest BCUT2D eigenvalue weighted by Gasteiger charge is 2.10. The van der Waals surface area contributed by atoms with Gasteiger partial charge in [-0.05, 0) is 72.5 Å². The molecule has 8 heteroatoms. The van der Waals surface area contributed by atoms with Gasteiger partial charge in [0.05, 0.1) is 11.4 Å². The molecule has 34 heavy (non-hydrogen) atoms. The summed E-state index contributed by atoms with van der Waals surface area (Å²) in [7, 11) is 0. The molecule has 174 valence electrons. The molecule has 0 spiro atoms. The Kier molecular flexibility index (Phi) is 8.96. The zero-order chi connectivity index (χ0) is 24.5. The Bertz CT molecular complexity index is 1140. The Balaban J connectivity index is 1.65. The summed E-state index contributed by atoms with van der Waals surface area (Å²) in [6.45, 7) is 3.89. The molecular weight excluding hydrogens is 471 g/mol. The third kappa shape index (κ3) is 6.76. The molecular formula is C26H24Cl2N4O2. The second kappa shape index (κ2) is 12.1. The van der Waals surface area contributed by atoms with Crippen LogP contribution < -0.4 is 10.9 Å². The summed E-state index contributed by atoms with van der Waals surface area (Å²) in [5.41, 5.74) is 8.96. The predicted molar refractivity (Wildman–Crippen MR) is 138 cm³/mol. The lowest BCUT2D eigenvalue weighted by Crippen LogP contribution is -2.21. The molecule has 0 radical (unpaired) electrons. The monoisotopic (exact) mass is 494 g/mol. The Morgan fingerprint density at radius 1 is 0.647 bits per heavy atom. The number of hydrazone groups is 2. The summed E-state index contributed by atoms with van der Waals surface area (Å²) < 4.78 is 0. The van der Waals surface area contributed by atoms with Crippen molar-refractivity contribution in [2.24, 2.45) is 10.2 Å². The molecule has 0 unspecified atom stereocenters. The first-order chi connectivity index (χ1) is 16.4. The van der Waals surface area contributed by atoms with Crippen molar-refractivity contribution in [2.45, 2.75) is 26.7 Å². The molecule has 2 amide bonds. The van der Waals surface area contributed by atoms with Gasteiger partial charge in [-0.3, -0.25) is 9.59 Å². The Labute approximate surface area is 208 Å². The van der Waals surface area contributed by atoms with Gasteiger partial charge in [0.15, 0.2) is 0 Å². The van der Waals surface area contributed by atoms with E-state index in [0.29, 0.717) is 45.4 Å². The summed E-state index contributed by atoms with van der Waals surface area (Å²) in [6, 6.07) is 20.8. The second-order valence-electron chi connectivity index (χ2n) is 7.30. The number of carbonyl (C=O) groups excluding carboxylic acids is 2. The van der Waals surface area contributed by atoms with Crippen LogP contribution in [-0.2, 0) is 0 Å². The number of hydrogen-bond donors (Lipinski definition) is 2. The molecule has 0 aliphatic carbocycles. The smallest absolute Gasteiger partial charge is 0.267 e. The highest BCUT2D eigenvalue weighted by molar-refractivity contribution is 6.31. The van der Waals surface area contributed by atoms with Crippen molar-refractivity contribution in [1.29, 1.82) is 0 Å². The van der Waals surface area contributed by atoms with Gasteiger partial charge in [0.1, 0.15) is 0 Å². The number of nitrogens with zero attached hydrogens (tertiary/aromatic N) is 2. The SMILES string of the molecule is CCC(=NNC(=O)c1ccc(C(=O)NN=C(CC)c2cccc(Cl)c2)cc1)c1cccc(Cl)c1. The van der Waals surface area contributed by atoms with E-state index in [1.807, 2.05) is 38.1 Å². The van der Waals surface area contributed by atoms with Gasteiger partial charge in [-0.2, -0.15) is 10.2 Å². The summed E-state index contributed by atoms with van der Waals surface area (Å²) in [6.07, 6.45) is 1.24. The van der Waals surface area contributed by atoms with E-state index in [-0.39, 0.29) is 11.8 Å². The van der Waals surface area contributed by atoms with E-state index < -0.39 is 0 Å². The average molecular weight is 495 g/mol. The number of carbonyl (C=O) groups is 2. The number of hydrogen-bond acceptors (Lipinski definition) is 4. The van der Waals surface area contributed by atoms with E-state index in [1.165, 1.54) is 0 Å². The summed E-state index contributed by atoms with van der Waals surface area (Å²) in [5, 5.41) is 9.66. The first-order valence-electron chi connectivity index (χ1n) is 10.8. The maximum absolute atomic E-state index is 12.5.